The van der Waals surface area contributed by atoms with Gasteiger partial charge in [0, 0.05) is 22.8 Å². The molecule has 0 aliphatic rings. The molecule has 0 amide bonds. The van der Waals surface area contributed by atoms with Crippen LogP contribution in [0.2, 0.25) is 0 Å². The predicted molar refractivity (Wildman–Crippen MR) is 85.6 cm³/mol. The number of hydrogen-bond donors (Lipinski definition) is 1. The number of thiocarbonyl (C=S) groups is 1. The van der Waals surface area contributed by atoms with Crippen LogP contribution in [0, 0.1) is 6.92 Å². The summed E-state index contributed by atoms with van der Waals surface area (Å²) in [7, 11) is 2.01. The molecule has 0 bridgehead atoms. The van der Waals surface area contributed by atoms with Crippen LogP contribution in [0.4, 0.5) is 5.69 Å². The standard InChI is InChI=1S/C14H15BrN2OS/c1-9-3-5-11(18-9)8-17(2)10-4-6-12(14(16)19)13(15)7-10/h3-7H,8H2,1-2H3,(H2,16,19). The molecule has 1 heterocycles. The highest BCUT2D eigenvalue weighted by molar-refractivity contribution is 9.10. The Labute approximate surface area is 126 Å². The quantitative estimate of drug-likeness (QED) is 0.864. The summed E-state index contributed by atoms with van der Waals surface area (Å²) in [6.07, 6.45) is 0. The van der Waals surface area contributed by atoms with Crippen LogP contribution in [0.3, 0.4) is 0 Å². The maximum atomic E-state index is 5.64. The molecule has 0 fully saturated rings. The van der Waals surface area contributed by atoms with E-state index < -0.39 is 0 Å². The number of halogens is 1. The molecule has 1 aromatic heterocycles. The Morgan fingerprint density at radius 2 is 2.11 bits per heavy atom. The first-order valence-corrected chi connectivity index (χ1v) is 7.03. The van der Waals surface area contributed by atoms with Crippen molar-refractivity contribution >= 4 is 38.8 Å². The summed E-state index contributed by atoms with van der Waals surface area (Å²) in [5.74, 6) is 1.86. The summed E-state index contributed by atoms with van der Waals surface area (Å²) >= 11 is 8.47. The molecule has 100 valence electrons. The van der Waals surface area contributed by atoms with Crippen molar-refractivity contribution in [2.75, 3.05) is 11.9 Å². The van der Waals surface area contributed by atoms with Crippen molar-refractivity contribution < 1.29 is 4.42 Å². The van der Waals surface area contributed by atoms with Crippen molar-refractivity contribution in [3.8, 4) is 0 Å². The Bertz CT molecular complexity index is 609. The molecule has 0 atom stereocenters. The van der Waals surface area contributed by atoms with E-state index in [1.165, 1.54) is 0 Å². The third-order valence-corrected chi connectivity index (χ3v) is 3.72. The number of furan rings is 1. The number of rotatable bonds is 4. The summed E-state index contributed by atoms with van der Waals surface area (Å²) in [6.45, 7) is 2.66. The third-order valence-electron chi connectivity index (χ3n) is 2.85. The summed E-state index contributed by atoms with van der Waals surface area (Å²) in [5, 5.41) is 0. The van der Waals surface area contributed by atoms with E-state index in [9.17, 15) is 0 Å². The van der Waals surface area contributed by atoms with Crippen LogP contribution in [-0.2, 0) is 6.54 Å². The van der Waals surface area contributed by atoms with Crippen LogP contribution in [0.5, 0.6) is 0 Å². The highest BCUT2D eigenvalue weighted by Gasteiger charge is 2.09. The van der Waals surface area contributed by atoms with Gasteiger partial charge in [0.25, 0.3) is 0 Å². The molecule has 0 saturated heterocycles. The molecule has 0 unspecified atom stereocenters. The molecule has 0 aliphatic carbocycles. The number of nitrogens with two attached hydrogens (primary N) is 1. The third kappa shape index (κ3) is 3.36. The maximum Gasteiger partial charge on any atom is 0.123 e. The van der Waals surface area contributed by atoms with Crippen LogP contribution < -0.4 is 10.6 Å². The Hall–Kier alpha value is -1.33. The Balaban J connectivity index is 2.17. The second-order valence-corrected chi connectivity index (χ2v) is 5.69. The molecule has 2 N–H and O–H groups in total. The van der Waals surface area contributed by atoms with E-state index in [-0.39, 0.29) is 0 Å². The van der Waals surface area contributed by atoms with Crippen LogP contribution in [0.25, 0.3) is 0 Å². The van der Waals surface area contributed by atoms with Gasteiger partial charge in [-0.1, -0.05) is 12.2 Å². The van der Waals surface area contributed by atoms with Crippen LogP contribution in [0.15, 0.2) is 39.2 Å². The van der Waals surface area contributed by atoms with Crippen LogP contribution >= 0.6 is 28.1 Å². The Morgan fingerprint density at radius 3 is 2.63 bits per heavy atom. The number of nitrogens with zero attached hydrogens (tertiary/aromatic N) is 1. The molecule has 2 rings (SSSR count). The topological polar surface area (TPSA) is 42.4 Å². The minimum Gasteiger partial charge on any atom is -0.464 e. The van der Waals surface area contributed by atoms with E-state index in [4.69, 9.17) is 22.4 Å². The van der Waals surface area contributed by atoms with Gasteiger partial charge < -0.3 is 15.1 Å². The van der Waals surface area contributed by atoms with Gasteiger partial charge in [-0.25, -0.2) is 0 Å². The Morgan fingerprint density at radius 1 is 1.37 bits per heavy atom. The first kappa shape index (κ1) is 14.1. The zero-order valence-corrected chi connectivity index (χ0v) is 13.2. The molecule has 1 aromatic carbocycles. The second-order valence-electron chi connectivity index (χ2n) is 4.40. The molecule has 0 spiro atoms. The highest BCUT2D eigenvalue weighted by Crippen LogP contribution is 2.24. The smallest absolute Gasteiger partial charge is 0.123 e. The summed E-state index contributed by atoms with van der Waals surface area (Å²) in [5.41, 5.74) is 7.56. The fourth-order valence-corrected chi connectivity index (χ4v) is 2.73. The highest BCUT2D eigenvalue weighted by atomic mass is 79.9. The van der Waals surface area contributed by atoms with E-state index in [1.54, 1.807) is 0 Å². The second kappa shape index (κ2) is 5.75. The van der Waals surface area contributed by atoms with Gasteiger partial charge in [-0.15, -0.1) is 0 Å². The van der Waals surface area contributed by atoms with E-state index in [1.807, 2.05) is 44.3 Å². The SMILES string of the molecule is Cc1ccc(CN(C)c2ccc(C(N)=S)c(Br)c2)o1. The van der Waals surface area contributed by atoms with Crippen molar-refractivity contribution in [3.05, 3.63) is 51.9 Å². The monoisotopic (exact) mass is 338 g/mol. The molecular formula is C14H15BrN2OS. The zero-order valence-electron chi connectivity index (χ0n) is 10.8. The van der Waals surface area contributed by atoms with Gasteiger partial charge in [0.05, 0.1) is 6.54 Å². The van der Waals surface area contributed by atoms with E-state index in [0.29, 0.717) is 11.5 Å². The lowest BCUT2D eigenvalue weighted by atomic mass is 10.2. The average Bonchev–Trinajstić information content (AvgIpc) is 2.74. The zero-order chi connectivity index (χ0) is 14.0. The maximum absolute atomic E-state index is 5.64. The average molecular weight is 339 g/mol. The number of hydrogen-bond acceptors (Lipinski definition) is 3. The van der Waals surface area contributed by atoms with Crippen molar-refractivity contribution in [1.82, 2.24) is 0 Å². The molecule has 19 heavy (non-hydrogen) atoms. The normalized spacial score (nSPS) is 10.5. The minimum absolute atomic E-state index is 0.391. The summed E-state index contributed by atoms with van der Waals surface area (Å²) in [6, 6.07) is 9.88. The lowest BCUT2D eigenvalue weighted by Crippen LogP contribution is -2.17. The Kier molecular flexibility index (Phi) is 4.27. The number of anilines is 1. The minimum atomic E-state index is 0.391. The fourth-order valence-electron chi connectivity index (χ4n) is 1.84. The molecule has 5 heteroatoms. The molecule has 0 radical (unpaired) electrons. The van der Waals surface area contributed by atoms with E-state index in [0.717, 1.165) is 27.2 Å². The fraction of sp³-hybridized carbons (Fsp3) is 0.214. The molecule has 0 aliphatic heterocycles. The molecular weight excluding hydrogens is 324 g/mol. The first-order chi connectivity index (χ1) is 8.97. The van der Waals surface area contributed by atoms with Crippen molar-refractivity contribution in [2.24, 2.45) is 5.73 Å². The summed E-state index contributed by atoms with van der Waals surface area (Å²) in [4.78, 5) is 2.49. The van der Waals surface area contributed by atoms with Crippen LogP contribution in [0.1, 0.15) is 17.1 Å². The number of aryl methyl sites for hydroxylation is 1. The van der Waals surface area contributed by atoms with Gasteiger partial charge in [0.2, 0.25) is 0 Å². The van der Waals surface area contributed by atoms with Gasteiger partial charge in [-0.3, -0.25) is 0 Å². The predicted octanol–water partition coefficient (Wildman–Crippen LogP) is 3.62. The molecule has 3 nitrogen and oxygen atoms in total. The first-order valence-electron chi connectivity index (χ1n) is 5.83. The lowest BCUT2D eigenvalue weighted by Gasteiger charge is -2.19. The van der Waals surface area contributed by atoms with Crippen molar-refractivity contribution in [1.29, 1.82) is 0 Å². The number of benzene rings is 1. The molecule has 0 saturated carbocycles. The van der Waals surface area contributed by atoms with Crippen molar-refractivity contribution in [3.63, 3.8) is 0 Å². The van der Waals surface area contributed by atoms with Gasteiger partial charge in [0.15, 0.2) is 0 Å². The van der Waals surface area contributed by atoms with E-state index >= 15 is 0 Å². The summed E-state index contributed by atoms with van der Waals surface area (Å²) < 4.78 is 6.48. The van der Waals surface area contributed by atoms with E-state index in [2.05, 4.69) is 20.8 Å². The van der Waals surface area contributed by atoms with Crippen molar-refractivity contribution in [2.45, 2.75) is 13.5 Å². The lowest BCUT2D eigenvalue weighted by molar-refractivity contribution is 0.482. The van der Waals surface area contributed by atoms with Gasteiger partial charge in [-0.05, 0) is 53.2 Å². The van der Waals surface area contributed by atoms with Gasteiger partial charge >= 0.3 is 0 Å². The van der Waals surface area contributed by atoms with Gasteiger partial charge in [-0.2, -0.15) is 0 Å². The largest absolute Gasteiger partial charge is 0.464 e. The molecule has 2 aromatic rings. The van der Waals surface area contributed by atoms with Gasteiger partial charge in [0.1, 0.15) is 16.5 Å². The van der Waals surface area contributed by atoms with Crippen LogP contribution in [-0.4, -0.2) is 12.0 Å².